The lowest BCUT2D eigenvalue weighted by molar-refractivity contribution is 0.879. The average molecular weight is 146 g/mol. The van der Waals surface area contributed by atoms with Crippen LogP contribution in [0.2, 0.25) is 0 Å². The first-order chi connectivity index (χ1) is 5.38. The quantitative estimate of drug-likeness (QED) is 0.561. The zero-order chi connectivity index (χ0) is 8.10. The third-order valence-electron chi connectivity index (χ3n) is 2.04. The maximum Gasteiger partial charge on any atom is 0.0666 e. The minimum atomic E-state index is 0.525. The van der Waals surface area contributed by atoms with E-state index in [1.807, 2.05) is 0 Å². The highest BCUT2D eigenvalue weighted by molar-refractivity contribution is 5.24. The fraction of sp³-hybridized carbons (Fsp3) is 0.556. The van der Waals surface area contributed by atoms with Gasteiger partial charge in [0.15, 0.2) is 0 Å². The smallest absolute Gasteiger partial charge is 0.0666 e. The molecule has 2 nitrogen and oxygen atoms in total. The van der Waals surface area contributed by atoms with E-state index in [0.717, 1.165) is 19.3 Å². The van der Waals surface area contributed by atoms with Gasteiger partial charge in [-0.05, 0) is 19.3 Å². The molecule has 11 heavy (non-hydrogen) atoms. The van der Waals surface area contributed by atoms with Gasteiger partial charge in [0, 0.05) is 0 Å². The fourth-order valence-corrected chi connectivity index (χ4v) is 1.49. The van der Waals surface area contributed by atoms with E-state index in [0.29, 0.717) is 12.8 Å². The van der Waals surface area contributed by atoms with E-state index in [4.69, 9.17) is 10.5 Å². The predicted octanol–water partition coefficient (Wildman–Crippen LogP) is 2.29. The van der Waals surface area contributed by atoms with Crippen molar-refractivity contribution in [2.24, 2.45) is 0 Å². The summed E-state index contributed by atoms with van der Waals surface area (Å²) in [6, 6.07) is 4.26. The van der Waals surface area contributed by atoms with Gasteiger partial charge in [-0.3, -0.25) is 0 Å². The second-order valence-electron chi connectivity index (χ2n) is 2.73. The summed E-state index contributed by atoms with van der Waals surface area (Å²) in [5.74, 6) is 0. The van der Waals surface area contributed by atoms with E-state index in [1.165, 1.54) is 11.1 Å². The van der Waals surface area contributed by atoms with Crippen LogP contribution in [0, 0.1) is 22.7 Å². The topological polar surface area (TPSA) is 47.6 Å². The lowest BCUT2D eigenvalue weighted by atomic mass is 10.1. The second kappa shape index (κ2) is 3.78. The number of hydrogen-bond acceptors (Lipinski definition) is 2. The van der Waals surface area contributed by atoms with Crippen LogP contribution in [0.25, 0.3) is 0 Å². The molecule has 2 heteroatoms. The zero-order valence-corrected chi connectivity index (χ0v) is 6.43. The summed E-state index contributed by atoms with van der Waals surface area (Å²) >= 11 is 0. The van der Waals surface area contributed by atoms with Crippen molar-refractivity contribution in [1.82, 2.24) is 0 Å². The van der Waals surface area contributed by atoms with Gasteiger partial charge in [-0.25, -0.2) is 0 Å². The molecule has 0 unspecified atom stereocenters. The molecule has 0 bridgehead atoms. The Morgan fingerprint density at radius 1 is 1.00 bits per heavy atom. The Balaban J connectivity index is 2.64. The third-order valence-corrected chi connectivity index (χ3v) is 2.04. The molecule has 0 aliphatic heterocycles. The first-order valence-electron chi connectivity index (χ1n) is 3.82. The minimum absolute atomic E-state index is 0.525. The first-order valence-corrected chi connectivity index (χ1v) is 3.82. The molecule has 0 heterocycles. The molecular formula is C9H10N2. The summed E-state index contributed by atoms with van der Waals surface area (Å²) in [4.78, 5) is 0. The Labute approximate surface area is 66.7 Å². The molecule has 0 amide bonds. The van der Waals surface area contributed by atoms with Crippen LogP contribution >= 0.6 is 0 Å². The number of allylic oxidation sites excluding steroid dienone is 2. The van der Waals surface area contributed by atoms with Crippen molar-refractivity contribution in [1.29, 1.82) is 10.5 Å². The van der Waals surface area contributed by atoms with Crippen molar-refractivity contribution in [2.75, 3.05) is 0 Å². The standard InChI is InChI=1S/C9H10N2/c10-6-4-8-2-1-3-9(8)5-7-11/h1-5H2. The molecular weight excluding hydrogens is 136 g/mol. The monoisotopic (exact) mass is 146 g/mol. The number of hydrogen-bond donors (Lipinski definition) is 0. The normalized spacial score (nSPS) is 16.2. The summed E-state index contributed by atoms with van der Waals surface area (Å²) in [5, 5.41) is 16.9. The number of nitriles is 2. The Bertz CT molecular complexity index is 224. The molecule has 0 fully saturated rings. The van der Waals surface area contributed by atoms with E-state index < -0.39 is 0 Å². The molecule has 0 radical (unpaired) electrons. The van der Waals surface area contributed by atoms with Gasteiger partial charge in [-0.15, -0.1) is 0 Å². The lowest BCUT2D eigenvalue weighted by Crippen LogP contribution is -1.81. The van der Waals surface area contributed by atoms with Crippen LogP contribution in [0.15, 0.2) is 11.1 Å². The molecule has 0 spiro atoms. The van der Waals surface area contributed by atoms with Crippen LogP contribution < -0.4 is 0 Å². The molecule has 56 valence electrons. The SMILES string of the molecule is N#CCC1=C(CC#N)CCC1. The van der Waals surface area contributed by atoms with Crippen LogP contribution in [0.3, 0.4) is 0 Å². The van der Waals surface area contributed by atoms with Crippen LogP contribution in [-0.4, -0.2) is 0 Å². The van der Waals surface area contributed by atoms with Gasteiger partial charge in [0.1, 0.15) is 0 Å². The van der Waals surface area contributed by atoms with Crippen LogP contribution in [0.5, 0.6) is 0 Å². The van der Waals surface area contributed by atoms with Crippen molar-refractivity contribution in [2.45, 2.75) is 32.1 Å². The Morgan fingerprint density at radius 3 is 1.82 bits per heavy atom. The van der Waals surface area contributed by atoms with Gasteiger partial charge in [-0.2, -0.15) is 10.5 Å². The highest BCUT2D eigenvalue weighted by Gasteiger charge is 2.12. The largest absolute Gasteiger partial charge is 0.198 e. The fourth-order valence-electron chi connectivity index (χ4n) is 1.49. The zero-order valence-electron chi connectivity index (χ0n) is 6.43. The maximum atomic E-state index is 8.45. The molecule has 0 aromatic carbocycles. The highest BCUT2D eigenvalue weighted by Crippen LogP contribution is 2.29. The van der Waals surface area contributed by atoms with E-state index in [2.05, 4.69) is 12.1 Å². The summed E-state index contributed by atoms with van der Waals surface area (Å²) in [5.41, 5.74) is 2.43. The molecule has 1 rings (SSSR count). The molecule has 1 aliphatic carbocycles. The van der Waals surface area contributed by atoms with E-state index >= 15 is 0 Å². The van der Waals surface area contributed by atoms with Crippen molar-refractivity contribution in [3.63, 3.8) is 0 Å². The van der Waals surface area contributed by atoms with E-state index in [9.17, 15) is 0 Å². The molecule has 0 saturated heterocycles. The molecule has 0 aromatic rings. The van der Waals surface area contributed by atoms with Gasteiger partial charge >= 0.3 is 0 Å². The molecule has 0 aromatic heterocycles. The van der Waals surface area contributed by atoms with Crippen LogP contribution in [0.4, 0.5) is 0 Å². The van der Waals surface area contributed by atoms with E-state index in [-0.39, 0.29) is 0 Å². The number of rotatable bonds is 2. The number of nitrogens with zero attached hydrogens (tertiary/aromatic N) is 2. The minimum Gasteiger partial charge on any atom is -0.198 e. The first kappa shape index (κ1) is 7.82. The maximum absolute atomic E-state index is 8.45. The van der Waals surface area contributed by atoms with Gasteiger partial charge in [0.2, 0.25) is 0 Å². The Hall–Kier alpha value is -1.28. The van der Waals surface area contributed by atoms with Crippen molar-refractivity contribution in [3.05, 3.63) is 11.1 Å². The molecule has 0 saturated carbocycles. The summed E-state index contributed by atoms with van der Waals surface area (Å²) in [6.07, 6.45) is 4.25. The predicted molar refractivity (Wildman–Crippen MR) is 41.3 cm³/mol. The van der Waals surface area contributed by atoms with Gasteiger partial charge in [-0.1, -0.05) is 11.1 Å². The van der Waals surface area contributed by atoms with Crippen molar-refractivity contribution >= 4 is 0 Å². The van der Waals surface area contributed by atoms with Crippen LogP contribution in [-0.2, 0) is 0 Å². The Morgan fingerprint density at radius 2 is 1.45 bits per heavy atom. The van der Waals surface area contributed by atoms with Gasteiger partial charge < -0.3 is 0 Å². The summed E-state index contributed by atoms with van der Waals surface area (Å²) < 4.78 is 0. The third kappa shape index (κ3) is 1.82. The molecule has 1 aliphatic rings. The van der Waals surface area contributed by atoms with Gasteiger partial charge in [0.05, 0.1) is 25.0 Å². The average Bonchev–Trinajstić information content (AvgIpc) is 2.39. The van der Waals surface area contributed by atoms with Crippen molar-refractivity contribution in [3.8, 4) is 12.1 Å². The molecule has 0 N–H and O–H groups in total. The van der Waals surface area contributed by atoms with E-state index in [1.54, 1.807) is 0 Å². The Kier molecular flexibility index (Phi) is 2.69. The van der Waals surface area contributed by atoms with Gasteiger partial charge in [0.25, 0.3) is 0 Å². The summed E-state index contributed by atoms with van der Waals surface area (Å²) in [7, 11) is 0. The summed E-state index contributed by atoms with van der Waals surface area (Å²) in [6.45, 7) is 0. The van der Waals surface area contributed by atoms with Crippen molar-refractivity contribution < 1.29 is 0 Å². The van der Waals surface area contributed by atoms with Crippen LogP contribution in [0.1, 0.15) is 32.1 Å². The lowest BCUT2D eigenvalue weighted by Gasteiger charge is -1.96. The molecule has 0 atom stereocenters. The second-order valence-corrected chi connectivity index (χ2v) is 2.73. The highest BCUT2D eigenvalue weighted by atomic mass is 14.3.